The largest absolute Gasteiger partial charge is 0.398 e. The highest BCUT2D eigenvalue weighted by Gasteiger charge is 2.54. The minimum absolute atomic E-state index is 0.0546. The number of alkyl halides is 1. The quantitative estimate of drug-likeness (QED) is 0.0836. The summed E-state index contributed by atoms with van der Waals surface area (Å²) < 4.78 is 65.9. The first-order valence-corrected chi connectivity index (χ1v) is 12.1. The van der Waals surface area contributed by atoms with E-state index in [1.54, 1.807) is 0 Å². The van der Waals surface area contributed by atoms with Crippen LogP contribution < -0.4 is 10.6 Å². The van der Waals surface area contributed by atoms with Crippen molar-refractivity contribution >= 4 is 72.2 Å². The van der Waals surface area contributed by atoms with Gasteiger partial charge in [0.05, 0.1) is 6.61 Å². The number of rotatable bonds is 10. The van der Waals surface area contributed by atoms with Gasteiger partial charge in [-0.15, -0.1) is 22.9 Å². The molecule has 0 spiro atoms. The lowest BCUT2D eigenvalue weighted by atomic mass is 9.99. The van der Waals surface area contributed by atoms with E-state index in [1.807, 2.05) is 0 Å². The second-order valence-corrected chi connectivity index (χ2v) is 9.19. The molecular formula is C12H14ClN5O11S3. The number of nitrogens with zero attached hydrogens (tertiary/aromatic N) is 3. The van der Waals surface area contributed by atoms with Gasteiger partial charge in [-0.25, -0.2) is 13.5 Å². The van der Waals surface area contributed by atoms with Crippen molar-refractivity contribution in [2.45, 2.75) is 12.1 Å². The molecular weight excluding hydrogens is 522 g/mol. The number of nitrogens with one attached hydrogen (secondary N) is 2. The topological polar surface area (TPSA) is 231 Å². The van der Waals surface area contributed by atoms with Gasteiger partial charge in [0.25, 0.3) is 11.8 Å². The van der Waals surface area contributed by atoms with E-state index in [0.717, 1.165) is 18.4 Å². The number of halogens is 1. The highest BCUT2D eigenvalue weighted by Crippen LogP contribution is 2.25. The molecule has 0 aromatic carbocycles. The summed E-state index contributed by atoms with van der Waals surface area (Å²) in [6.07, 6.45) is 0. The lowest BCUT2D eigenvalue weighted by Crippen LogP contribution is -2.73. The Bertz CT molecular complexity index is 1150. The van der Waals surface area contributed by atoms with Crippen LogP contribution in [0.4, 0.5) is 5.13 Å². The molecule has 0 aliphatic carbocycles. The van der Waals surface area contributed by atoms with Crippen LogP contribution in [0.3, 0.4) is 0 Å². The lowest BCUT2D eigenvalue weighted by Gasteiger charge is -2.43. The van der Waals surface area contributed by atoms with Crippen LogP contribution in [0.1, 0.15) is 5.69 Å². The molecule has 1 aromatic rings. The van der Waals surface area contributed by atoms with E-state index in [9.17, 15) is 31.2 Å². The number of aromatic nitrogens is 1. The monoisotopic (exact) mass is 535 g/mol. The van der Waals surface area contributed by atoms with Crippen molar-refractivity contribution in [1.29, 1.82) is 0 Å². The molecule has 1 aliphatic rings. The van der Waals surface area contributed by atoms with Crippen molar-refractivity contribution in [3.05, 3.63) is 11.1 Å². The van der Waals surface area contributed by atoms with Crippen molar-refractivity contribution in [3.63, 3.8) is 0 Å². The molecule has 178 valence electrons. The van der Waals surface area contributed by atoms with Crippen molar-refractivity contribution in [2.75, 3.05) is 24.9 Å². The first-order valence-electron chi connectivity index (χ1n) is 7.94. The zero-order chi connectivity index (χ0) is 24.3. The molecule has 1 aromatic heterocycles. The average molecular weight is 536 g/mol. The van der Waals surface area contributed by atoms with E-state index < -0.39 is 62.8 Å². The van der Waals surface area contributed by atoms with Gasteiger partial charge in [0.2, 0.25) is 5.91 Å². The zero-order valence-electron chi connectivity index (χ0n) is 15.7. The van der Waals surface area contributed by atoms with Gasteiger partial charge in [0.15, 0.2) is 10.8 Å². The Morgan fingerprint density at radius 2 is 2.00 bits per heavy atom. The van der Waals surface area contributed by atoms with Gasteiger partial charge in [-0.3, -0.25) is 23.5 Å². The molecule has 0 bridgehead atoms. The average Bonchev–Trinajstić information content (AvgIpc) is 3.12. The molecule has 1 aliphatic heterocycles. The minimum Gasteiger partial charge on any atom is -0.398 e. The SMILES string of the molecule is CON=C(C(=O)N[C@H]1C(=O)N(S(=O)(=O)O)[C@H]1COS(=O)(=O)O)c1csc(NC(=O)CCl)n1. The second-order valence-electron chi connectivity index (χ2n) is 5.68. The molecule has 1 saturated heterocycles. The van der Waals surface area contributed by atoms with Crippen molar-refractivity contribution in [2.24, 2.45) is 5.16 Å². The van der Waals surface area contributed by atoms with E-state index in [0.29, 0.717) is 0 Å². The Morgan fingerprint density at radius 1 is 1.34 bits per heavy atom. The van der Waals surface area contributed by atoms with Crippen LogP contribution in [0.25, 0.3) is 0 Å². The van der Waals surface area contributed by atoms with Crippen LogP contribution >= 0.6 is 22.9 Å². The standard InChI is InChI=1S/C12H14ClN5O11S3/c1-28-17-8(5-4-30-12(14-5)15-7(19)2-13)10(20)16-9-6(3-29-32(25,26)27)18(11(9)21)31(22,23)24/h4,6,9H,2-3H2,1H3,(H,16,20)(H,14,15,19)(H,22,23,24)(H,25,26,27)/t6-,9+/m0/s1. The molecule has 0 unspecified atom stereocenters. The van der Waals surface area contributed by atoms with Crippen LogP contribution in [0.2, 0.25) is 0 Å². The maximum absolute atomic E-state index is 12.6. The molecule has 20 heteroatoms. The molecule has 2 rings (SSSR count). The van der Waals surface area contributed by atoms with Gasteiger partial charge < -0.3 is 15.5 Å². The molecule has 1 fully saturated rings. The number of hydrogen-bond donors (Lipinski definition) is 4. The lowest BCUT2D eigenvalue weighted by molar-refractivity contribution is -0.146. The number of carbonyl (C=O) groups excluding carboxylic acids is 3. The Hall–Kier alpha value is -2.42. The van der Waals surface area contributed by atoms with E-state index in [2.05, 4.69) is 29.8 Å². The number of amides is 3. The first-order chi connectivity index (χ1) is 14.8. The van der Waals surface area contributed by atoms with Gasteiger partial charge in [-0.1, -0.05) is 5.16 Å². The summed E-state index contributed by atoms with van der Waals surface area (Å²) in [6.45, 7) is -1.11. The van der Waals surface area contributed by atoms with Crippen molar-refractivity contribution in [1.82, 2.24) is 14.6 Å². The van der Waals surface area contributed by atoms with E-state index in [4.69, 9.17) is 20.7 Å². The molecule has 2 atom stereocenters. The molecule has 2 heterocycles. The van der Waals surface area contributed by atoms with E-state index in [-0.39, 0.29) is 21.0 Å². The summed E-state index contributed by atoms with van der Waals surface area (Å²) in [5, 5.41) is 9.24. The Balaban J connectivity index is 2.23. The highest BCUT2D eigenvalue weighted by molar-refractivity contribution is 7.84. The van der Waals surface area contributed by atoms with Crippen molar-refractivity contribution < 1.29 is 49.3 Å². The number of thiazole rings is 1. The van der Waals surface area contributed by atoms with E-state index in [1.165, 1.54) is 5.38 Å². The maximum Gasteiger partial charge on any atom is 0.397 e. The molecule has 32 heavy (non-hydrogen) atoms. The molecule has 4 N–H and O–H groups in total. The van der Waals surface area contributed by atoms with Crippen LogP contribution in [-0.2, 0) is 44.1 Å². The predicted molar refractivity (Wildman–Crippen MR) is 107 cm³/mol. The van der Waals surface area contributed by atoms with Crippen LogP contribution in [0, 0.1) is 0 Å². The predicted octanol–water partition coefficient (Wildman–Crippen LogP) is -2.01. The maximum atomic E-state index is 12.6. The summed E-state index contributed by atoms with van der Waals surface area (Å²) >= 11 is 6.27. The Morgan fingerprint density at radius 3 is 2.53 bits per heavy atom. The number of carbonyl (C=O) groups is 3. The van der Waals surface area contributed by atoms with Crippen molar-refractivity contribution in [3.8, 4) is 0 Å². The fourth-order valence-electron chi connectivity index (χ4n) is 2.38. The molecule has 0 radical (unpaired) electrons. The number of β-lactam (4-membered cyclic amide) rings is 1. The molecule has 3 amide bonds. The van der Waals surface area contributed by atoms with Gasteiger partial charge in [-0.05, 0) is 0 Å². The normalized spacial score (nSPS) is 19.3. The van der Waals surface area contributed by atoms with Crippen LogP contribution in [0.5, 0.6) is 0 Å². The van der Waals surface area contributed by atoms with Gasteiger partial charge in [-0.2, -0.15) is 16.8 Å². The van der Waals surface area contributed by atoms with Gasteiger partial charge in [0, 0.05) is 5.38 Å². The van der Waals surface area contributed by atoms with Crippen LogP contribution in [0.15, 0.2) is 10.5 Å². The van der Waals surface area contributed by atoms with Crippen LogP contribution in [-0.4, -0.2) is 90.3 Å². The third-order valence-electron chi connectivity index (χ3n) is 3.60. The van der Waals surface area contributed by atoms with Gasteiger partial charge >= 0.3 is 20.7 Å². The summed E-state index contributed by atoms with van der Waals surface area (Å²) in [5.41, 5.74) is -0.606. The fraction of sp³-hybridized carbons (Fsp3) is 0.417. The number of oxime groups is 1. The third kappa shape index (κ3) is 6.31. The highest BCUT2D eigenvalue weighted by atomic mass is 35.5. The molecule has 16 nitrogen and oxygen atoms in total. The summed E-state index contributed by atoms with van der Waals surface area (Å²) in [5.74, 6) is -3.36. The number of anilines is 1. The zero-order valence-corrected chi connectivity index (χ0v) is 18.9. The first kappa shape index (κ1) is 25.8. The summed E-state index contributed by atoms with van der Waals surface area (Å²) in [4.78, 5) is 44.6. The summed E-state index contributed by atoms with van der Waals surface area (Å²) in [6, 6.07) is -3.41. The van der Waals surface area contributed by atoms with Gasteiger partial charge in [0.1, 0.15) is 30.8 Å². The smallest absolute Gasteiger partial charge is 0.397 e. The number of hydrogen-bond acceptors (Lipinski definition) is 12. The third-order valence-corrected chi connectivity index (χ3v) is 5.99. The second kappa shape index (κ2) is 10.0. The minimum atomic E-state index is -5.13. The fourth-order valence-corrected chi connectivity index (χ4v) is 4.33. The van der Waals surface area contributed by atoms with E-state index >= 15 is 0 Å². The summed E-state index contributed by atoms with van der Waals surface area (Å²) in [7, 11) is -9.08. The Labute approximate surface area is 189 Å². The molecule has 0 saturated carbocycles. The Kier molecular flexibility index (Phi) is 8.09.